The van der Waals surface area contributed by atoms with Gasteiger partial charge in [0, 0.05) is 12.6 Å². The van der Waals surface area contributed by atoms with E-state index in [-0.39, 0.29) is 0 Å². The largest absolute Gasteiger partial charge is 0.491 e. The van der Waals surface area contributed by atoms with Crippen molar-refractivity contribution < 1.29 is 9.47 Å². The number of thiazole rings is 1. The fraction of sp³-hybridized carbons (Fsp3) is 0.500. The van der Waals surface area contributed by atoms with Crippen LogP contribution in [0.25, 0.3) is 10.2 Å². The molecule has 20 heavy (non-hydrogen) atoms. The van der Waals surface area contributed by atoms with E-state index in [0.29, 0.717) is 29.7 Å². The molecule has 0 unspecified atom stereocenters. The molecule has 0 fully saturated rings. The summed E-state index contributed by atoms with van der Waals surface area (Å²) in [6, 6.07) is 1.78. The fourth-order valence-corrected chi connectivity index (χ4v) is 3.16. The van der Waals surface area contributed by atoms with Crippen LogP contribution in [-0.2, 0) is 0 Å². The third kappa shape index (κ3) is 3.10. The molecule has 1 aromatic heterocycles. The molecule has 1 aromatic carbocycles. The lowest BCUT2D eigenvalue weighted by Gasteiger charge is -2.09. The van der Waals surface area contributed by atoms with Crippen molar-refractivity contribution in [2.24, 2.45) is 0 Å². The van der Waals surface area contributed by atoms with Crippen LogP contribution in [0.3, 0.4) is 0 Å². The molecule has 0 bridgehead atoms. The van der Waals surface area contributed by atoms with Gasteiger partial charge in [0.15, 0.2) is 10.9 Å². The summed E-state index contributed by atoms with van der Waals surface area (Å²) >= 11 is 7.84. The van der Waals surface area contributed by atoms with Crippen molar-refractivity contribution in [3.05, 3.63) is 11.1 Å². The lowest BCUT2D eigenvalue weighted by Crippen LogP contribution is -1.98. The van der Waals surface area contributed by atoms with Gasteiger partial charge < -0.3 is 14.8 Å². The topological polar surface area (TPSA) is 43.4 Å². The van der Waals surface area contributed by atoms with Gasteiger partial charge in [-0.15, -0.1) is 0 Å². The average Bonchev–Trinajstić information content (AvgIpc) is 2.85. The number of benzene rings is 1. The van der Waals surface area contributed by atoms with Gasteiger partial charge in [-0.05, 0) is 20.3 Å². The van der Waals surface area contributed by atoms with Crippen molar-refractivity contribution in [1.82, 2.24) is 4.98 Å². The Labute approximate surface area is 128 Å². The van der Waals surface area contributed by atoms with E-state index in [4.69, 9.17) is 21.1 Å². The molecule has 2 aromatic rings. The van der Waals surface area contributed by atoms with Gasteiger partial charge in [0.2, 0.25) is 0 Å². The van der Waals surface area contributed by atoms with E-state index in [0.717, 1.165) is 28.3 Å². The standard InChI is InChI=1S/C14H19ClN2O2S/c1-4-7-16-14-17-11-10(18-5-2)8-9(15)12(19-6-3)13(11)20-14/h8H,4-7H2,1-3H3,(H,16,17). The number of anilines is 1. The first-order chi connectivity index (χ1) is 9.71. The highest BCUT2D eigenvalue weighted by molar-refractivity contribution is 7.22. The molecule has 0 saturated carbocycles. The van der Waals surface area contributed by atoms with Crippen LogP contribution >= 0.6 is 22.9 Å². The summed E-state index contributed by atoms with van der Waals surface area (Å²) in [5.41, 5.74) is 0.809. The number of hydrogen-bond donors (Lipinski definition) is 1. The van der Waals surface area contributed by atoms with Crippen molar-refractivity contribution in [3.8, 4) is 11.5 Å². The van der Waals surface area contributed by atoms with E-state index in [9.17, 15) is 0 Å². The van der Waals surface area contributed by atoms with E-state index < -0.39 is 0 Å². The second kappa shape index (κ2) is 6.99. The Morgan fingerprint density at radius 2 is 2.00 bits per heavy atom. The van der Waals surface area contributed by atoms with Crippen LogP contribution in [0.4, 0.5) is 5.13 Å². The van der Waals surface area contributed by atoms with Crippen LogP contribution in [0.5, 0.6) is 11.5 Å². The quantitative estimate of drug-likeness (QED) is 0.813. The molecule has 0 spiro atoms. The maximum Gasteiger partial charge on any atom is 0.184 e. The van der Waals surface area contributed by atoms with Gasteiger partial charge in [0.05, 0.1) is 18.2 Å². The molecule has 0 radical (unpaired) electrons. The summed E-state index contributed by atoms with van der Waals surface area (Å²) in [5, 5.41) is 4.73. The number of nitrogens with one attached hydrogen (secondary N) is 1. The van der Waals surface area contributed by atoms with E-state index in [1.54, 1.807) is 17.4 Å². The van der Waals surface area contributed by atoms with E-state index in [2.05, 4.69) is 17.2 Å². The summed E-state index contributed by atoms with van der Waals surface area (Å²) in [5.74, 6) is 1.39. The molecule has 4 nitrogen and oxygen atoms in total. The normalized spacial score (nSPS) is 10.8. The first-order valence-electron chi connectivity index (χ1n) is 6.83. The monoisotopic (exact) mass is 314 g/mol. The minimum absolute atomic E-state index is 0.563. The van der Waals surface area contributed by atoms with Gasteiger partial charge in [-0.3, -0.25) is 0 Å². The summed E-state index contributed by atoms with van der Waals surface area (Å²) in [4.78, 5) is 4.60. The van der Waals surface area contributed by atoms with Gasteiger partial charge in [-0.1, -0.05) is 29.9 Å². The zero-order valence-corrected chi connectivity index (χ0v) is 13.5. The van der Waals surface area contributed by atoms with Gasteiger partial charge in [0.25, 0.3) is 0 Å². The molecular weight excluding hydrogens is 296 g/mol. The minimum Gasteiger partial charge on any atom is -0.491 e. The van der Waals surface area contributed by atoms with Crippen LogP contribution in [-0.4, -0.2) is 24.7 Å². The number of nitrogens with zero attached hydrogens (tertiary/aromatic N) is 1. The molecule has 1 N–H and O–H groups in total. The highest BCUT2D eigenvalue weighted by Crippen LogP contribution is 2.43. The molecule has 0 aliphatic rings. The van der Waals surface area contributed by atoms with Crippen molar-refractivity contribution in [3.63, 3.8) is 0 Å². The van der Waals surface area contributed by atoms with E-state index >= 15 is 0 Å². The van der Waals surface area contributed by atoms with Crippen molar-refractivity contribution in [2.75, 3.05) is 25.1 Å². The molecule has 0 aliphatic carbocycles. The first-order valence-corrected chi connectivity index (χ1v) is 8.03. The number of rotatable bonds is 7. The molecular formula is C14H19ClN2O2S. The van der Waals surface area contributed by atoms with Crippen LogP contribution in [0, 0.1) is 0 Å². The van der Waals surface area contributed by atoms with Crippen molar-refractivity contribution in [1.29, 1.82) is 0 Å². The predicted molar refractivity (Wildman–Crippen MR) is 85.7 cm³/mol. The number of hydrogen-bond acceptors (Lipinski definition) is 5. The Kier molecular flexibility index (Phi) is 5.31. The smallest absolute Gasteiger partial charge is 0.184 e. The highest BCUT2D eigenvalue weighted by atomic mass is 35.5. The van der Waals surface area contributed by atoms with Crippen LogP contribution in [0.2, 0.25) is 5.02 Å². The molecule has 0 amide bonds. The molecule has 0 aliphatic heterocycles. The third-order valence-electron chi connectivity index (χ3n) is 2.66. The molecule has 0 saturated heterocycles. The molecule has 2 rings (SSSR count). The summed E-state index contributed by atoms with van der Waals surface area (Å²) in [7, 11) is 0. The summed E-state index contributed by atoms with van der Waals surface area (Å²) in [6.45, 7) is 8.04. The SMILES string of the molecule is CCCNc1nc2c(OCC)cc(Cl)c(OCC)c2s1. The number of halogens is 1. The highest BCUT2D eigenvalue weighted by Gasteiger charge is 2.18. The third-order valence-corrected chi connectivity index (χ3v) is 3.95. The summed E-state index contributed by atoms with van der Waals surface area (Å²) in [6.07, 6.45) is 1.05. The second-order valence-corrected chi connectivity index (χ2v) is 5.58. The van der Waals surface area contributed by atoms with Gasteiger partial charge in [-0.2, -0.15) is 0 Å². The Morgan fingerprint density at radius 1 is 1.25 bits per heavy atom. The minimum atomic E-state index is 0.563. The Balaban J connectivity index is 2.52. The van der Waals surface area contributed by atoms with E-state index in [1.807, 2.05) is 13.8 Å². The molecule has 1 heterocycles. The maximum absolute atomic E-state index is 6.29. The van der Waals surface area contributed by atoms with Crippen LogP contribution in [0.1, 0.15) is 27.2 Å². The fourth-order valence-electron chi connectivity index (χ4n) is 1.85. The summed E-state index contributed by atoms with van der Waals surface area (Å²) < 4.78 is 12.2. The zero-order valence-electron chi connectivity index (χ0n) is 12.0. The van der Waals surface area contributed by atoms with Gasteiger partial charge in [-0.25, -0.2) is 4.98 Å². The second-order valence-electron chi connectivity index (χ2n) is 4.18. The predicted octanol–water partition coefficient (Wildman–Crippen LogP) is 4.57. The van der Waals surface area contributed by atoms with Crippen LogP contribution in [0.15, 0.2) is 6.07 Å². The molecule has 6 heteroatoms. The lowest BCUT2D eigenvalue weighted by atomic mass is 10.3. The zero-order chi connectivity index (χ0) is 14.5. The van der Waals surface area contributed by atoms with E-state index in [1.165, 1.54) is 0 Å². The average molecular weight is 315 g/mol. The molecule has 110 valence electrons. The Morgan fingerprint density at radius 3 is 2.65 bits per heavy atom. The van der Waals surface area contributed by atoms with Crippen molar-refractivity contribution >= 4 is 38.3 Å². The Bertz CT molecular complexity index is 586. The lowest BCUT2D eigenvalue weighted by molar-refractivity contribution is 0.337. The Hall–Kier alpha value is -1.20. The van der Waals surface area contributed by atoms with Gasteiger partial charge in [0.1, 0.15) is 16.0 Å². The van der Waals surface area contributed by atoms with Crippen molar-refractivity contribution in [2.45, 2.75) is 27.2 Å². The number of aromatic nitrogens is 1. The van der Waals surface area contributed by atoms with Crippen LogP contribution < -0.4 is 14.8 Å². The number of fused-ring (bicyclic) bond motifs is 1. The molecule has 0 atom stereocenters. The maximum atomic E-state index is 6.29. The number of ether oxygens (including phenoxy) is 2. The van der Waals surface area contributed by atoms with Gasteiger partial charge >= 0.3 is 0 Å². The first kappa shape index (κ1) is 15.2.